The van der Waals surface area contributed by atoms with Crippen LogP contribution in [-0.4, -0.2) is 33.1 Å². The molecule has 4 rings (SSSR count). The molecule has 3 aromatic heterocycles. The molecule has 0 spiro atoms. The van der Waals surface area contributed by atoms with Crippen LogP contribution >= 0.6 is 11.3 Å². The fraction of sp³-hybridized carbons (Fsp3) is 0.130. The number of aromatic nitrogens is 3. The van der Waals surface area contributed by atoms with E-state index < -0.39 is 6.09 Å². The number of nitrogens with one attached hydrogen (secondary N) is 1. The summed E-state index contributed by atoms with van der Waals surface area (Å²) in [4.78, 5) is 29.9. The summed E-state index contributed by atoms with van der Waals surface area (Å²) < 4.78 is 6.77. The van der Waals surface area contributed by atoms with E-state index in [1.165, 1.54) is 11.3 Å². The van der Waals surface area contributed by atoms with Crippen LogP contribution in [0.4, 0.5) is 10.5 Å². The monoisotopic (exact) mass is 432 g/mol. The summed E-state index contributed by atoms with van der Waals surface area (Å²) in [6.07, 6.45) is 5.02. The number of amides is 1. The van der Waals surface area contributed by atoms with E-state index in [2.05, 4.69) is 22.0 Å². The highest BCUT2D eigenvalue weighted by atomic mass is 32.1. The smallest absolute Gasteiger partial charge is 0.411 e. The third-order valence-corrected chi connectivity index (χ3v) is 5.51. The zero-order chi connectivity index (χ0) is 21.8. The molecule has 1 N–H and O–H groups in total. The summed E-state index contributed by atoms with van der Waals surface area (Å²) >= 11 is 1.38. The van der Waals surface area contributed by atoms with Gasteiger partial charge in [0, 0.05) is 17.4 Å². The minimum absolute atomic E-state index is 0.106. The van der Waals surface area contributed by atoms with Crippen molar-refractivity contribution in [2.75, 3.05) is 11.9 Å². The number of fused-ring (bicyclic) bond motifs is 1. The first-order valence-electron chi connectivity index (χ1n) is 9.65. The van der Waals surface area contributed by atoms with Crippen molar-refractivity contribution in [2.24, 2.45) is 0 Å². The third kappa shape index (κ3) is 4.24. The Morgan fingerprint density at radius 2 is 2.13 bits per heavy atom. The number of ether oxygens (including phenoxy) is 1. The summed E-state index contributed by atoms with van der Waals surface area (Å²) in [7, 11) is 0. The molecule has 3 heterocycles. The van der Waals surface area contributed by atoms with Crippen LogP contribution in [0.25, 0.3) is 16.9 Å². The number of anilines is 1. The molecular formula is C23H20N4O3S. The summed E-state index contributed by atoms with van der Waals surface area (Å²) in [5, 5.41) is 9.03. The van der Waals surface area contributed by atoms with Crippen LogP contribution in [0.1, 0.15) is 27.2 Å². The number of hydrogen-bond donors (Lipinski definition) is 1. The first kappa shape index (κ1) is 20.5. The van der Waals surface area contributed by atoms with Crippen molar-refractivity contribution in [1.29, 1.82) is 0 Å². The molecule has 0 aliphatic heterocycles. The van der Waals surface area contributed by atoms with Gasteiger partial charge in [-0.2, -0.15) is 5.10 Å². The Balaban J connectivity index is 1.68. The fourth-order valence-corrected chi connectivity index (χ4v) is 3.88. The lowest BCUT2D eigenvalue weighted by Crippen LogP contribution is -2.14. The van der Waals surface area contributed by atoms with Gasteiger partial charge < -0.3 is 4.74 Å². The number of carbonyl (C=O) groups is 2. The van der Waals surface area contributed by atoms with Gasteiger partial charge in [-0.3, -0.25) is 10.1 Å². The van der Waals surface area contributed by atoms with Crippen LogP contribution in [0.15, 0.2) is 66.8 Å². The maximum atomic E-state index is 12.8. The van der Waals surface area contributed by atoms with Crippen molar-refractivity contribution >= 4 is 34.5 Å². The number of thiophene rings is 1. The lowest BCUT2D eigenvalue weighted by Gasteiger charge is -2.11. The van der Waals surface area contributed by atoms with Gasteiger partial charge in [0.25, 0.3) is 0 Å². The van der Waals surface area contributed by atoms with Gasteiger partial charge in [0.2, 0.25) is 5.78 Å². The van der Waals surface area contributed by atoms with Crippen LogP contribution < -0.4 is 5.32 Å². The molecule has 4 aromatic rings. The Morgan fingerprint density at radius 1 is 1.26 bits per heavy atom. The Hall–Kier alpha value is -3.78. The average molecular weight is 433 g/mol. The normalized spacial score (nSPS) is 10.7. The maximum Gasteiger partial charge on any atom is 0.411 e. The quantitative estimate of drug-likeness (QED) is 0.249. The first-order valence-corrected chi connectivity index (χ1v) is 10.5. The van der Waals surface area contributed by atoms with E-state index in [1.807, 2.05) is 36.6 Å². The Labute approximate surface area is 183 Å². The van der Waals surface area contributed by atoms with Gasteiger partial charge in [-0.25, -0.2) is 14.3 Å². The Kier molecular flexibility index (Phi) is 5.90. The van der Waals surface area contributed by atoms with Gasteiger partial charge in [0.15, 0.2) is 5.65 Å². The van der Waals surface area contributed by atoms with Gasteiger partial charge >= 0.3 is 6.09 Å². The number of carbonyl (C=O) groups excluding carboxylic acids is 2. The Morgan fingerprint density at radius 3 is 2.90 bits per heavy atom. The van der Waals surface area contributed by atoms with Gasteiger partial charge in [-0.05, 0) is 42.5 Å². The summed E-state index contributed by atoms with van der Waals surface area (Å²) in [5.74, 6) is -0.106. The van der Waals surface area contributed by atoms with Gasteiger partial charge in [-0.1, -0.05) is 24.3 Å². The van der Waals surface area contributed by atoms with Crippen LogP contribution in [0.3, 0.4) is 0 Å². The molecule has 0 bridgehead atoms. The molecule has 156 valence electrons. The average Bonchev–Trinajstić information content (AvgIpc) is 3.44. The molecule has 0 saturated carbocycles. The number of benzene rings is 1. The van der Waals surface area contributed by atoms with Crippen molar-refractivity contribution in [2.45, 2.75) is 13.3 Å². The second-order valence-electron chi connectivity index (χ2n) is 6.81. The van der Waals surface area contributed by atoms with E-state index in [4.69, 9.17) is 4.74 Å². The van der Waals surface area contributed by atoms with Crippen LogP contribution in [-0.2, 0) is 4.74 Å². The molecule has 31 heavy (non-hydrogen) atoms. The number of aryl methyl sites for hydroxylation is 1. The van der Waals surface area contributed by atoms with E-state index in [0.717, 1.165) is 16.8 Å². The minimum Gasteiger partial charge on any atom is -0.449 e. The van der Waals surface area contributed by atoms with Crippen LogP contribution in [0.5, 0.6) is 0 Å². The lowest BCUT2D eigenvalue weighted by molar-refractivity contribution is 0.104. The number of ketones is 1. The number of nitrogens with zero attached hydrogens (tertiary/aromatic N) is 3. The molecule has 7 nitrogen and oxygen atoms in total. The molecule has 0 aliphatic rings. The maximum absolute atomic E-state index is 12.8. The zero-order valence-corrected chi connectivity index (χ0v) is 17.7. The van der Waals surface area contributed by atoms with E-state index in [9.17, 15) is 9.59 Å². The van der Waals surface area contributed by atoms with E-state index in [1.54, 1.807) is 35.1 Å². The molecular weight excluding hydrogens is 412 g/mol. The minimum atomic E-state index is -0.529. The summed E-state index contributed by atoms with van der Waals surface area (Å²) in [6, 6.07) is 11.0. The highest BCUT2D eigenvalue weighted by molar-refractivity contribution is 7.12. The summed E-state index contributed by atoms with van der Waals surface area (Å²) in [5.41, 5.74) is 4.03. The highest BCUT2D eigenvalue weighted by Gasteiger charge is 2.20. The van der Waals surface area contributed by atoms with Gasteiger partial charge in [-0.15, -0.1) is 17.9 Å². The SMILES string of the molecule is C=CCCOC(=O)Nc1cccc(-c2c(C)cnc3c(C(=O)c4cccs4)cnn23)c1. The highest BCUT2D eigenvalue weighted by Crippen LogP contribution is 2.28. The number of rotatable bonds is 7. The molecule has 0 aliphatic carbocycles. The standard InChI is InChI=1S/C23H20N4O3S/c1-3-4-10-30-23(29)26-17-8-5-7-16(12-17)20-15(2)13-24-22-18(14-25-27(20)22)21(28)19-9-6-11-31-19/h3,5-9,11-14H,1,4,10H2,2H3,(H,26,29). The van der Waals surface area contributed by atoms with Crippen LogP contribution in [0, 0.1) is 6.92 Å². The van der Waals surface area contributed by atoms with Crippen molar-refractivity contribution < 1.29 is 14.3 Å². The molecule has 0 atom stereocenters. The van der Waals surface area contributed by atoms with Crippen molar-refractivity contribution in [1.82, 2.24) is 14.6 Å². The molecule has 0 radical (unpaired) electrons. The zero-order valence-electron chi connectivity index (χ0n) is 16.9. The predicted octanol–water partition coefficient (Wildman–Crippen LogP) is 5.12. The molecule has 1 aromatic carbocycles. The number of hydrogen-bond acceptors (Lipinski definition) is 6. The first-order chi connectivity index (χ1) is 15.1. The third-order valence-electron chi connectivity index (χ3n) is 4.64. The predicted molar refractivity (Wildman–Crippen MR) is 121 cm³/mol. The van der Waals surface area contributed by atoms with E-state index in [-0.39, 0.29) is 12.4 Å². The Bertz CT molecular complexity index is 1260. The van der Waals surface area contributed by atoms with Gasteiger partial charge in [0.1, 0.15) is 0 Å². The molecule has 0 unspecified atom stereocenters. The van der Waals surface area contributed by atoms with Crippen LogP contribution in [0.2, 0.25) is 0 Å². The topological polar surface area (TPSA) is 85.6 Å². The second kappa shape index (κ2) is 8.93. The molecule has 0 saturated heterocycles. The van der Waals surface area contributed by atoms with Crippen molar-refractivity contribution in [3.63, 3.8) is 0 Å². The molecule has 1 amide bonds. The van der Waals surface area contributed by atoms with Crippen molar-refractivity contribution in [3.05, 3.63) is 82.8 Å². The largest absolute Gasteiger partial charge is 0.449 e. The van der Waals surface area contributed by atoms with Gasteiger partial charge in [0.05, 0.1) is 28.9 Å². The van der Waals surface area contributed by atoms with Crippen molar-refractivity contribution in [3.8, 4) is 11.3 Å². The van der Waals surface area contributed by atoms with E-state index in [0.29, 0.717) is 28.2 Å². The second-order valence-corrected chi connectivity index (χ2v) is 7.76. The molecule has 8 heteroatoms. The lowest BCUT2D eigenvalue weighted by atomic mass is 10.1. The fourth-order valence-electron chi connectivity index (χ4n) is 3.20. The molecule has 0 fully saturated rings. The summed E-state index contributed by atoms with van der Waals surface area (Å²) in [6.45, 7) is 5.80. The van der Waals surface area contributed by atoms with E-state index >= 15 is 0 Å².